The topological polar surface area (TPSA) is 103 Å². The fraction of sp³-hybridized carbons (Fsp3) is 0.333. The first-order valence-corrected chi connectivity index (χ1v) is 7.72. The minimum Gasteiger partial charge on any atom is -0.335 e. The molecule has 0 unspecified atom stereocenters. The zero-order valence-electron chi connectivity index (χ0n) is 12.9. The van der Waals surface area contributed by atoms with Crippen molar-refractivity contribution in [3.05, 3.63) is 36.7 Å². The molecule has 122 valence electrons. The van der Waals surface area contributed by atoms with Gasteiger partial charge in [0.15, 0.2) is 11.6 Å². The fourth-order valence-electron chi connectivity index (χ4n) is 2.62. The molecule has 3 aromatic heterocycles. The molecule has 4 rings (SSSR count). The van der Waals surface area contributed by atoms with Gasteiger partial charge in [0.25, 0.3) is 5.89 Å². The minimum atomic E-state index is 0.138. The van der Waals surface area contributed by atoms with Crippen LogP contribution < -0.4 is 0 Å². The number of amides is 1. The van der Waals surface area contributed by atoms with E-state index in [1.54, 1.807) is 22.0 Å². The van der Waals surface area contributed by atoms with Gasteiger partial charge in [-0.05, 0) is 25.0 Å². The van der Waals surface area contributed by atoms with Gasteiger partial charge in [-0.25, -0.2) is 14.6 Å². The molecule has 1 saturated heterocycles. The number of rotatable bonds is 4. The summed E-state index contributed by atoms with van der Waals surface area (Å²) in [5.74, 6) is 1.54. The minimum absolute atomic E-state index is 0.138. The van der Waals surface area contributed by atoms with Crippen LogP contribution >= 0.6 is 0 Å². The maximum Gasteiger partial charge on any atom is 0.276 e. The molecule has 1 aliphatic heterocycles. The van der Waals surface area contributed by atoms with Crippen molar-refractivity contribution in [2.24, 2.45) is 0 Å². The molecule has 3 aromatic rings. The molecule has 0 atom stereocenters. The number of aromatic nitrogens is 6. The van der Waals surface area contributed by atoms with Crippen molar-refractivity contribution in [1.29, 1.82) is 0 Å². The number of piperidine rings is 1. The van der Waals surface area contributed by atoms with Crippen LogP contribution in [0.3, 0.4) is 0 Å². The van der Waals surface area contributed by atoms with Crippen molar-refractivity contribution in [3.63, 3.8) is 0 Å². The third-order valence-corrected chi connectivity index (χ3v) is 3.83. The van der Waals surface area contributed by atoms with Gasteiger partial charge in [-0.2, -0.15) is 10.1 Å². The van der Waals surface area contributed by atoms with E-state index in [-0.39, 0.29) is 5.91 Å². The molecule has 9 heteroatoms. The molecule has 0 bridgehead atoms. The van der Waals surface area contributed by atoms with Gasteiger partial charge in [0.05, 0.1) is 6.54 Å². The van der Waals surface area contributed by atoms with Gasteiger partial charge in [-0.3, -0.25) is 4.79 Å². The van der Waals surface area contributed by atoms with E-state index < -0.39 is 0 Å². The summed E-state index contributed by atoms with van der Waals surface area (Å²) in [4.78, 5) is 26.3. The lowest BCUT2D eigenvalue weighted by molar-refractivity contribution is -0.134. The number of carbonyl (C=O) groups is 1. The molecule has 0 aliphatic carbocycles. The SMILES string of the molecule is O=C1CCCCN1Cc1noc(-c2cccc(-n3cncn3)n2)n1. The highest BCUT2D eigenvalue weighted by molar-refractivity contribution is 5.76. The molecule has 0 aromatic carbocycles. The summed E-state index contributed by atoms with van der Waals surface area (Å²) in [6.07, 6.45) is 5.55. The second-order valence-electron chi connectivity index (χ2n) is 5.51. The summed E-state index contributed by atoms with van der Waals surface area (Å²) in [6.45, 7) is 1.11. The standard InChI is InChI=1S/C15H15N7O2/c23-14-6-1-2-7-21(14)8-12-19-15(24-20-12)11-4-3-5-13(18-11)22-10-16-9-17-22/h3-5,9-10H,1-2,6-8H2. The van der Waals surface area contributed by atoms with Gasteiger partial charge < -0.3 is 9.42 Å². The van der Waals surface area contributed by atoms with E-state index in [4.69, 9.17) is 4.52 Å². The molecule has 1 aliphatic rings. The first kappa shape index (κ1) is 14.5. The van der Waals surface area contributed by atoms with Gasteiger partial charge in [0.1, 0.15) is 18.3 Å². The average molecular weight is 325 g/mol. The van der Waals surface area contributed by atoms with Crippen LogP contribution in [0.1, 0.15) is 25.1 Å². The Bertz CT molecular complexity index is 843. The average Bonchev–Trinajstić information content (AvgIpc) is 3.29. The lowest BCUT2D eigenvalue weighted by atomic mass is 10.1. The van der Waals surface area contributed by atoms with Crippen molar-refractivity contribution in [1.82, 2.24) is 34.8 Å². The maximum atomic E-state index is 11.9. The van der Waals surface area contributed by atoms with Crippen LogP contribution in [0, 0.1) is 0 Å². The van der Waals surface area contributed by atoms with E-state index in [2.05, 4.69) is 25.2 Å². The van der Waals surface area contributed by atoms with Gasteiger partial charge in [0, 0.05) is 13.0 Å². The summed E-state index contributed by atoms with van der Waals surface area (Å²) in [5, 5.41) is 8.00. The van der Waals surface area contributed by atoms with E-state index in [9.17, 15) is 4.79 Å². The van der Waals surface area contributed by atoms with Crippen molar-refractivity contribution >= 4 is 5.91 Å². The predicted octanol–water partition coefficient (Wildman–Crippen LogP) is 1.22. The van der Waals surface area contributed by atoms with Crippen LogP contribution in [0.5, 0.6) is 0 Å². The zero-order chi connectivity index (χ0) is 16.4. The Kier molecular flexibility index (Phi) is 3.73. The highest BCUT2D eigenvalue weighted by atomic mass is 16.5. The Morgan fingerprint density at radius 1 is 1.21 bits per heavy atom. The molecule has 4 heterocycles. The van der Waals surface area contributed by atoms with Crippen molar-refractivity contribution in [3.8, 4) is 17.4 Å². The zero-order valence-corrected chi connectivity index (χ0v) is 12.9. The Balaban J connectivity index is 1.54. The molecule has 0 N–H and O–H groups in total. The van der Waals surface area contributed by atoms with Crippen molar-refractivity contribution < 1.29 is 9.32 Å². The largest absolute Gasteiger partial charge is 0.335 e. The van der Waals surface area contributed by atoms with Crippen LogP contribution in [-0.4, -0.2) is 47.2 Å². The molecule has 0 spiro atoms. The second-order valence-corrected chi connectivity index (χ2v) is 5.51. The quantitative estimate of drug-likeness (QED) is 0.710. The first-order valence-electron chi connectivity index (χ1n) is 7.72. The first-order chi connectivity index (χ1) is 11.8. The Labute approximate surface area is 137 Å². The van der Waals surface area contributed by atoms with E-state index in [0.29, 0.717) is 36.2 Å². The summed E-state index contributed by atoms with van der Waals surface area (Å²) in [7, 11) is 0. The summed E-state index contributed by atoms with van der Waals surface area (Å²) in [5.41, 5.74) is 0.548. The smallest absolute Gasteiger partial charge is 0.276 e. The van der Waals surface area contributed by atoms with E-state index in [1.807, 2.05) is 12.1 Å². The number of pyridine rings is 1. The fourth-order valence-corrected chi connectivity index (χ4v) is 2.62. The van der Waals surface area contributed by atoms with Crippen LogP contribution in [0.2, 0.25) is 0 Å². The number of nitrogens with zero attached hydrogens (tertiary/aromatic N) is 7. The normalized spacial score (nSPS) is 15.0. The van der Waals surface area contributed by atoms with Gasteiger partial charge >= 0.3 is 0 Å². The van der Waals surface area contributed by atoms with Crippen LogP contribution in [0.25, 0.3) is 17.4 Å². The molecule has 0 radical (unpaired) electrons. The third-order valence-electron chi connectivity index (χ3n) is 3.83. The number of hydrogen-bond acceptors (Lipinski definition) is 7. The number of hydrogen-bond donors (Lipinski definition) is 0. The summed E-state index contributed by atoms with van der Waals surface area (Å²) in [6, 6.07) is 5.42. The van der Waals surface area contributed by atoms with E-state index in [0.717, 1.165) is 19.4 Å². The predicted molar refractivity (Wildman–Crippen MR) is 81.7 cm³/mol. The Morgan fingerprint density at radius 3 is 3.00 bits per heavy atom. The molecule has 9 nitrogen and oxygen atoms in total. The lowest BCUT2D eigenvalue weighted by Crippen LogP contribution is -2.34. The molecule has 1 fully saturated rings. The van der Waals surface area contributed by atoms with Crippen LogP contribution in [0.15, 0.2) is 35.4 Å². The third kappa shape index (κ3) is 2.87. The molecule has 24 heavy (non-hydrogen) atoms. The van der Waals surface area contributed by atoms with Crippen LogP contribution in [0.4, 0.5) is 0 Å². The van der Waals surface area contributed by atoms with Crippen molar-refractivity contribution in [2.45, 2.75) is 25.8 Å². The van der Waals surface area contributed by atoms with Crippen LogP contribution in [-0.2, 0) is 11.3 Å². The van der Waals surface area contributed by atoms with Gasteiger partial charge in [0.2, 0.25) is 5.91 Å². The highest BCUT2D eigenvalue weighted by Crippen LogP contribution is 2.18. The van der Waals surface area contributed by atoms with E-state index >= 15 is 0 Å². The van der Waals surface area contributed by atoms with Crippen molar-refractivity contribution in [2.75, 3.05) is 6.54 Å². The molecule has 1 amide bonds. The second kappa shape index (κ2) is 6.19. The number of carbonyl (C=O) groups excluding carboxylic acids is 1. The maximum absolute atomic E-state index is 11.9. The summed E-state index contributed by atoms with van der Waals surface area (Å²) >= 11 is 0. The highest BCUT2D eigenvalue weighted by Gasteiger charge is 2.21. The monoisotopic (exact) mass is 325 g/mol. The Morgan fingerprint density at radius 2 is 2.17 bits per heavy atom. The van der Waals surface area contributed by atoms with Gasteiger partial charge in [-0.1, -0.05) is 11.2 Å². The lowest BCUT2D eigenvalue weighted by Gasteiger charge is -2.25. The molecular formula is C15H15N7O2. The molecule has 0 saturated carbocycles. The number of likely N-dealkylation sites (tertiary alicyclic amines) is 1. The summed E-state index contributed by atoms with van der Waals surface area (Å²) < 4.78 is 6.84. The molecular weight excluding hydrogens is 310 g/mol. The Hall–Kier alpha value is -3.10. The van der Waals surface area contributed by atoms with Gasteiger partial charge in [-0.15, -0.1) is 0 Å². The van der Waals surface area contributed by atoms with E-state index in [1.165, 1.54) is 6.33 Å².